The third-order valence-corrected chi connectivity index (χ3v) is 2.12. The zero-order valence-corrected chi connectivity index (χ0v) is 8.45. The van der Waals surface area contributed by atoms with Gasteiger partial charge in [0.15, 0.2) is 11.3 Å². The third-order valence-electron chi connectivity index (χ3n) is 2.12. The minimum absolute atomic E-state index is 0.167. The van der Waals surface area contributed by atoms with Gasteiger partial charge in [-0.3, -0.25) is 4.79 Å². The Bertz CT molecular complexity index is 560. The first-order chi connectivity index (χ1) is 7.08. The molecule has 78 valence electrons. The third kappa shape index (κ3) is 1.70. The van der Waals surface area contributed by atoms with Crippen molar-refractivity contribution in [2.75, 3.05) is 19.0 Å². The number of rotatable bonds is 1. The Morgan fingerprint density at radius 2 is 2.00 bits per heavy atom. The van der Waals surface area contributed by atoms with Crippen molar-refractivity contribution in [1.29, 1.82) is 0 Å². The maximum atomic E-state index is 12.9. The van der Waals surface area contributed by atoms with Crippen LogP contribution in [-0.4, -0.2) is 14.1 Å². The number of fused-ring (bicyclic) bond motifs is 1. The molecule has 0 aliphatic rings. The summed E-state index contributed by atoms with van der Waals surface area (Å²) < 4.78 is 18.3. The van der Waals surface area contributed by atoms with Crippen LogP contribution in [0.25, 0.3) is 11.0 Å². The molecule has 4 heteroatoms. The highest BCUT2D eigenvalue weighted by Crippen LogP contribution is 2.17. The van der Waals surface area contributed by atoms with Gasteiger partial charge in [0.05, 0.1) is 5.39 Å². The molecule has 1 heterocycles. The second kappa shape index (κ2) is 3.38. The number of hydrogen-bond acceptors (Lipinski definition) is 3. The Morgan fingerprint density at radius 3 is 2.67 bits per heavy atom. The molecule has 0 N–H and O–H groups in total. The second-order valence-corrected chi connectivity index (χ2v) is 3.48. The van der Waals surface area contributed by atoms with Crippen molar-refractivity contribution in [3.63, 3.8) is 0 Å². The van der Waals surface area contributed by atoms with E-state index >= 15 is 0 Å². The number of anilines is 1. The molecule has 0 saturated heterocycles. The second-order valence-electron chi connectivity index (χ2n) is 3.48. The summed E-state index contributed by atoms with van der Waals surface area (Å²) >= 11 is 0. The van der Waals surface area contributed by atoms with Crippen LogP contribution in [0.3, 0.4) is 0 Å². The van der Waals surface area contributed by atoms with E-state index in [9.17, 15) is 9.18 Å². The Hall–Kier alpha value is -1.84. The van der Waals surface area contributed by atoms with Gasteiger partial charge in [-0.05, 0) is 12.1 Å². The van der Waals surface area contributed by atoms with Crippen LogP contribution in [0.15, 0.2) is 33.5 Å². The van der Waals surface area contributed by atoms with Gasteiger partial charge in [-0.1, -0.05) is 0 Å². The molecule has 2 aromatic rings. The van der Waals surface area contributed by atoms with E-state index in [0.29, 0.717) is 11.3 Å². The smallest absolute Gasteiger partial charge is 0.199 e. The monoisotopic (exact) mass is 207 g/mol. The summed E-state index contributed by atoms with van der Waals surface area (Å²) in [6, 6.07) is 5.27. The molecule has 0 spiro atoms. The molecule has 0 aliphatic carbocycles. The van der Waals surface area contributed by atoms with Crippen LogP contribution in [0.5, 0.6) is 0 Å². The normalized spacial score (nSPS) is 10.6. The van der Waals surface area contributed by atoms with E-state index in [1.54, 1.807) is 19.0 Å². The molecule has 1 aromatic carbocycles. The molecular formula is C11H10FNO2. The first-order valence-corrected chi connectivity index (χ1v) is 4.48. The summed E-state index contributed by atoms with van der Waals surface area (Å²) in [4.78, 5) is 13.3. The quantitative estimate of drug-likeness (QED) is 0.717. The SMILES string of the molecule is CN(C)c1cc(=O)c2ccc(F)cc2o1. The summed E-state index contributed by atoms with van der Waals surface area (Å²) in [5.41, 5.74) is 0.103. The maximum absolute atomic E-state index is 12.9. The van der Waals surface area contributed by atoms with Crippen molar-refractivity contribution in [1.82, 2.24) is 0 Å². The van der Waals surface area contributed by atoms with Crippen LogP contribution in [0.1, 0.15) is 0 Å². The van der Waals surface area contributed by atoms with E-state index in [0.717, 1.165) is 0 Å². The molecule has 0 amide bonds. The molecule has 0 aliphatic heterocycles. The predicted octanol–water partition coefficient (Wildman–Crippen LogP) is 2.00. The lowest BCUT2D eigenvalue weighted by molar-refractivity contribution is 0.585. The molecule has 0 radical (unpaired) electrons. The van der Waals surface area contributed by atoms with Gasteiger partial charge in [0.2, 0.25) is 0 Å². The van der Waals surface area contributed by atoms with Crippen LogP contribution in [0, 0.1) is 5.82 Å². The van der Waals surface area contributed by atoms with Crippen LogP contribution < -0.4 is 10.3 Å². The summed E-state index contributed by atoms with van der Waals surface area (Å²) in [5, 5.41) is 0.391. The molecule has 0 saturated carbocycles. The minimum atomic E-state index is -0.415. The highest BCUT2D eigenvalue weighted by molar-refractivity contribution is 5.77. The largest absolute Gasteiger partial charge is 0.440 e. The van der Waals surface area contributed by atoms with E-state index < -0.39 is 5.82 Å². The Kier molecular flexibility index (Phi) is 2.19. The van der Waals surface area contributed by atoms with Crippen LogP contribution in [0.2, 0.25) is 0 Å². The Labute approximate surface area is 85.7 Å². The van der Waals surface area contributed by atoms with Crippen molar-refractivity contribution in [2.24, 2.45) is 0 Å². The zero-order valence-electron chi connectivity index (χ0n) is 8.45. The van der Waals surface area contributed by atoms with E-state index in [1.807, 2.05) is 0 Å². The van der Waals surface area contributed by atoms with Gasteiger partial charge in [-0.2, -0.15) is 0 Å². The fraction of sp³-hybridized carbons (Fsp3) is 0.182. The minimum Gasteiger partial charge on any atom is -0.440 e. The first-order valence-electron chi connectivity index (χ1n) is 4.48. The average Bonchev–Trinajstić information content (AvgIpc) is 2.16. The lowest BCUT2D eigenvalue weighted by Gasteiger charge is -2.10. The van der Waals surface area contributed by atoms with Crippen LogP contribution in [-0.2, 0) is 0 Å². The van der Waals surface area contributed by atoms with E-state index in [2.05, 4.69) is 0 Å². The van der Waals surface area contributed by atoms with Crippen molar-refractivity contribution in [2.45, 2.75) is 0 Å². The van der Waals surface area contributed by atoms with Crippen LogP contribution in [0.4, 0.5) is 10.3 Å². The number of halogens is 1. The van der Waals surface area contributed by atoms with Crippen molar-refractivity contribution < 1.29 is 8.81 Å². The highest BCUT2D eigenvalue weighted by atomic mass is 19.1. The topological polar surface area (TPSA) is 33.5 Å². The molecule has 1 aromatic heterocycles. The molecule has 15 heavy (non-hydrogen) atoms. The highest BCUT2D eigenvalue weighted by Gasteiger charge is 2.06. The zero-order chi connectivity index (χ0) is 11.0. The van der Waals surface area contributed by atoms with Gasteiger partial charge >= 0.3 is 0 Å². The maximum Gasteiger partial charge on any atom is 0.199 e. The average molecular weight is 207 g/mol. The standard InChI is InChI=1S/C11H10FNO2/c1-13(2)11-6-9(14)8-4-3-7(12)5-10(8)15-11/h3-6H,1-2H3. The summed E-state index contributed by atoms with van der Waals surface area (Å²) in [7, 11) is 3.51. The molecule has 3 nitrogen and oxygen atoms in total. The Morgan fingerprint density at radius 1 is 1.27 bits per heavy atom. The predicted molar refractivity (Wildman–Crippen MR) is 56.8 cm³/mol. The first kappa shape index (κ1) is 9.71. The van der Waals surface area contributed by atoms with Crippen molar-refractivity contribution >= 4 is 16.9 Å². The molecule has 0 bridgehead atoms. The number of hydrogen-bond donors (Lipinski definition) is 0. The van der Waals surface area contributed by atoms with E-state index in [1.165, 1.54) is 24.3 Å². The molecule has 2 rings (SSSR count). The Balaban J connectivity index is 2.80. The lowest BCUT2D eigenvalue weighted by atomic mass is 10.2. The molecule has 0 fully saturated rings. The fourth-order valence-electron chi connectivity index (χ4n) is 1.34. The van der Waals surface area contributed by atoms with E-state index in [4.69, 9.17) is 4.42 Å². The lowest BCUT2D eigenvalue weighted by Crippen LogP contribution is -2.12. The van der Waals surface area contributed by atoms with Gasteiger partial charge in [-0.15, -0.1) is 0 Å². The van der Waals surface area contributed by atoms with Gasteiger partial charge in [0.1, 0.15) is 11.4 Å². The number of nitrogens with zero attached hydrogens (tertiary/aromatic N) is 1. The van der Waals surface area contributed by atoms with Gasteiger partial charge in [-0.25, -0.2) is 4.39 Å². The van der Waals surface area contributed by atoms with Gasteiger partial charge in [0.25, 0.3) is 0 Å². The molecule has 0 atom stereocenters. The fourth-order valence-corrected chi connectivity index (χ4v) is 1.34. The summed E-state index contributed by atoms with van der Waals surface area (Å²) in [6.45, 7) is 0. The molecular weight excluding hydrogens is 197 g/mol. The van der Waals surface area contributed by atoms with Gasteiger partial charge < -0.3 is 9.32 Å². The van der Waals surface area contributed by atoms with E-state index in [-0.39, 0.29) is 11.0 Å². The van der Waals surface area contributed by atoms with Crippen molar-refractivity contribution in [3.05, 3.63) is 40.3 Å². The molecule has 0 unspecified atom stereocenters. The summed E-state index contributed by atoms with van der Waals surface area (Å²) in [6.07, 6.45) is 0. The summed E-state index contributed by atoms with van der Waals surface area (Å²) in [5.74, 6) is -0.000318. The van der Waals surface area contributed by atoms with Gasteiger partial charge in [0, 0.05) is 26.2 Å². The number of benzene rings is 1. The van der Waals surface area contributed by atoms with Crippen molar-refractivity contribution in [3.8, 4) is 0 Å². The van der Waals surface area contributed by atoms with Crippen LogP contribution >= 0.6 is 0 Å².